The van der Waals surface area contributed by atoms with Gasteiger partial charge in [0, 0.05) is 29.7 Å². The lowest BCUT2D eigenvalue weighted by molar-refractivity contribution is -0.137. The minimum absolute atomic E-state index is 0.356. The van der Waals surface area contributed by atoms with Crippen molar-refractivity contribution in [1.82, 2.24) is 4.98 Å². The van der Waals surface area contributed by atoms with Crippen molar-refractivity contribution in [2.75, 3.05) is 16.8 Å². The third-order valence-corrected chi connectivity index (χ3v) is 6.94. The van der Waals surface area contributed by atoms with Gasteiger partial charge in [-0.05, 0) is 92.1 Å². The number of carbonyl (C=O) groups excluding carboxylic acids is 1. The highest BCUT2D eigenvalue weighted by Gasteiger charge is 2.34. The summed E-state index contributed by atoms with van der Waals surface area (Å²) < 4.78 is 38.0. The summed E-state index contributed by atoms with van der Waals surface area (Å²) in [5.74, 6) is 1.46. The van der Waals surface area contributed by atoms with Gasteiger partial charge in [-0.3, -0.25) is 4.79 Å². The number of fused-ring (bicyclic) bond motifs is 4. The molecule has 6 rings (SSSR count). The van der Waals surface area contributed by atoms with Crippen molar-refractivity contribution in [3.63, 3.8) is 0 Å². The van der Waals surface area contributed by atoms with Gasteiger partial charge in [-0.1, -0.05) is 12.1 Å². The van der Waals surface area contributed by atoms with Gasteiger partial charge < -0.3 is 10.2 Å². The summed E-state index contributed by atoms with van der Waals surface area (Å²) >= 11 is 0. The number of nitrogens with one attached hydrogen (secondary N) is 1. The van der Waals surface area contributed by atoms with Crippen molar-refractivity contribution in [2.24, 2.45) is 5.92 Å². The van der Waals surface area contributed by atoms with E-state index in [2.05, 4.69) is 23.2 Å². The number of aromatic nitrogens is 1. The molecule has 2 bridgehead atoms. The fraction of sp³-hybridized carbons (Fsp3) is 0.333. The molecule has 3 aliphatic rings. The second kappa shape index (κ2) is 8.78. The Bertz CT molecular complexity index is 1240. The van der Waals surface area contributed by atoms with E-state index in [0.717, 1.165) is 46.9 Å². The van der Waals surface area contributed by atoms with Crippen molar-refractivity contribution in [1.29, 1.82) is 0 Å². The maximum atomic E-state index is 12.7. The lowest BCUT2D eigenvalue weighted by Gasteiger charge is -2.46. The van der Waals surface area contributed by atoms with Crippen LogP contribution >= 0.6 is 0 Å². The van der Waals surface area contributed by atoms with E-state index < -0.39 is 11.7 Å². The highest BCUT2D eigenvalue weighted by Crippen LogP contribution is 2.38. The molecular formula is C27H26F3N3O. The molecule has 2 aliphatic heterocycles. The molecule has 1 N–H and O–H groups in total. The van der Waals surface area contributed by atoms with E-state index in [1.54, 1.807) is 0 Å². The molecule has 4 nitrogen and oxygen atoms in total. The molecule has 176 valence electrons. The third kappa shape index (κ3) is 4.65. The number of pyridine rings is 1. The Kier molecular flexibility index (Phi) is 5.80. The molecule has 1 saturated carbocycles. The molecule has 3 aromatic rings. The van der Waals surface area contributed by atoms with Crippen LogP contribution in [0.25, 0.3) is 17.0 Å². The van der Waals surface area contributed by atoms with Gasteiger partial charge in [-0.25, -0.2) is 4.98 Å². The van der Waals surface area contributed by atoms with E-state index in [1.165, 1.54) is 50.0 Å². The molecule has 7 heteroatoms. The number of anilines is 2. The van der Waals surface area contributed by atoms with Gasteiger partial charge in [0.25, 0.3) is 0 Å². The molecule has 3 fully saturated rings. The number of amides is 1. The minimum Gasteiger partial charge on any atom is -0.353 e. The zero-order chi connectivity index (χ0) is 23.9. The summed E-state index contributed by atoms with van der Waals surface area (Å²) in [5.41, 5.74) is 2.45. The quantitative estimate of drug-likeness (QED) is 0.442. The Morgan fingerprint density at radius 2 is 1.79 bits per heavy atom. The Hall–Kier alpha value is -3.35. The van der Waals surface area contributed by atoms with E-state index in [9.17, 15) is 18.0 Å². The number of alkyl halides is 3. The standard InChI is InChI=1S/C27H26F3N3O/c1-17-14-25(33-16-19-4-10-22(33)11-5-19)32-24-12-9-21(15-23(17)24)31-26(34)13-6-18-2-7-20(8-3-18)27(28,29)30/h2-3,6-9,12-15,19,22H,4-5,10-11,16H2,1H3,(H,31,34). The highest BCUT2D eigenvalue weighted by molar-refractivity contribution is 6.03. The Morgan fingerprint density at radius 1 is 1.06 bits per heavy atom. The first-order valence-electron chi connectivity index (χ1n) is 11.6. The zero-order valence-electron chi connectivity index (χ0n) is 18.9. The number of aryl methyl sites for hydroxylation is 1. The number of carbonyl (C=O) groups is 1. The molecule has 0 atom stereocenters. The molecule has 2 saturated heterocycles. The molecule has 34 heavy (non-hydrogen) atoms. The lowest BCUT2D eigenvalue weighted by Crippen LogP contribution is -2.48. The van der Waals surface area contributed by atoms with E-state index in [4.69, 9.17) is 4.98 Å². The number of halogens is 3. The van der Waals surface area contributed by atoms with Gasteiger partial charge in [0.1, 0.15) is 5.82 Å². The van der Waals surface area contributed by atoms with Crippen molar-refractivity contribution in [2.45, 2.75) is 44.8 Å². The van der Waals surface area contributed by atoms with Crippen LogP contribution in [0, 0.1) is 12.8 Å². The first-order chi connectivity index (χ1) is 16.3. The van der Waals surface area contributed by atoms with Crippen LogP contribution in [0.4, 0.5) is 24.7 Å². The van der Waals surface area contributed by atoms with Gasteiger partial charge in [-0.2, -0.15) is 13.2 Å². The highest BCUT2D eigenvalue weighted by atomic mass is 19.4. The fourth-order valence-corrected chi connectivity index (χ4v) is 5.09. The van der Waals surface area contributed by atoms with Gasteiger partial charge in [0.05, 0.1) is 11.1 Å². The average molecular weight is 466 g/mol. The topological polar surface area (TPSA) is 45.2 Å². The molecular weight excluding hydrogens is 439 g/mol. The first kappa shape index (κ1) is 22.4. The van der Waals surface area contributed by atoms with Crippen LogP contribution in [-0.4, -0.2) is 23.5 Å². The van der Waals surface area contributed by atoms with Crippen LogP contribution < -0.4 is 10.2 Å². The van der Waals surface area contributed by atoms with Gasteiger partial charge in [-0.15, -0.1) is 0 Å². The maximum Gasteiger partial charge on any atom is 0.416 e. The minimum atomic E-state index is -4.38. The van der Waals surface area contributed by atoms with E-state index in [1.807, 2.05) is 18.2 Å². The Morgan fingerprint density at radius 3 is 2.44 bits per heavy atom. The van der Waals surface area contributed by atoms with E-state index in [0.29, 0.717) is 17.3 Å². The molecule has 0 radical (unpaired) electrons. The predicted molar refractivity (Wildman–Crippen MR) is 129 cm³/mol. The summed E-state index contributed by atoms with van der Waals surface area (Å²) in [4.78, 5) is 19.7. The summed E-state index contributed by atoms with van der Waals surface area (Å²) in [6.07, 6.45) is 3.56. The van der Waals surface area contributed by atoms with Crippen LogP contribution in [0.3, 0.4) is 0 Å². The van der Waals surface area contributed by atoms with Crippen LogP contribution in [0.2, 0.25) is 0 Å². The van der Waals surface area contributed by atoms with Crippen LogP contribution in [-0.2, 0) is 11.0 Å². The Labute approximate surface area is 196 Å². The van der Waals surface area contributed by atoms with Gasteiger partial charge >= 0.3 is 6.18 Å². The fourth-order valence-electron chi connectivity index (χ4n) is 5.09. The normalized spacial score (nSPS) is 20.3. The number of benzene rings is 2. The second-order valence-corrected chi connectivity index (χ2v) is 9.30. The van der Waals surface area contributed by atoms with Crippen molar-refractivity contribution in [3.8, 4) is 0 Å². The van der Waals surface area contributed by atoms with Crippen molar-refractivity contribution in [3.05, 3.63) is 71.3 Å². The van der Waals surface area contributed by atoms with Crippen LogP contribution in [0.15, 0.2) is 54.6 Å². The van der Waals surface area contributed by atoms with Crippen molar-refractivity contribution >= 4 is 34.4 Å². The molecule has 1 aliphatic carbocycles. The number of piperidine rings is 2. The number of hydrogen-bond acceptors (Lipinski definition) is 3. The second-order valence-electron chi connectivity index (χ2n) is 9.30. The summed E-state index contributed by atoms with van der Waals surface area (Å²) in [6, 6.07) is 13.1. The lowest BCUT2D eigenvalue weighted by atomic mass is 9.80. The first-order valence-corrected chi connectivity index (χ1v) is 11.6. The summed E-state index contributed by atoms with van der Waals surface area (Å²) in [6.45, 7) is 3.15. The average Bonchev–Trinajstić information content (AvgIpc) is 2.83. The van der Waals surface area contributed by atoms with Crippen LogP contribution in [0.5, 0.6) is 0 Å². The van der Waals surface area contributed by atoms with Crippen molar-refractivity contribution < 1.29 is 18.0 Å². The maximum absolute atomic E-state index is 12.7. The third-order valence-electron chi connectivity index (χ3n) is 6.94. The summed E-state index contributed by atoms with van der Waals surface area (Å²) in [7, 11) is 0. The summed E-state index contributed by atoms with van der Waals surface area (Å²) in [5, 5.41) is 3.81. The number of rotatable bonds is 4. The van der Waals surface area contributed by atoms with E-state index >= 15 is 0 Å². The predicted octanol–water partition coefficient (Wildman–Crippen LogP) is 6.59. The number of hydrogen-bond donors (Lipinski definition) is 1. The molecule has 2 aromatic carbocycles. The molecule has 0 unspecified atom stereocenters. The molecule has 1 aromatic heterocycles. The zero-order valence-corrected chi connectivity index (χ0v) is 18.9. The van der Waals surface area contributed by atoms with E-state index in [-0.39, 0.29) is 5.91 Å². The molecule has 0 spiro atoms. The smallest absolute Gasteiger partial charge is 0.353 e. The molecule has 3 heterocycles. The number of nitrogens with zero attached hydrogens (tertiary/aromatic N) is 2. The van der Waals surface area contributed by atoms with Gasteiger partial charge in [0.2, 0.25) is 5.91 Å². The largest absolute Gasteiger partial charge is 0.416 e. The Balaban J connectivity index is 1.29. The SMILES string of the molecule is Cc1cc(N2CC3CCC2CC3)nc2ccc(NC(=O)C=Cc3ccc(C(F)(F)F)cc3)cc12. The molecule has 1 amide bonds. The monoisotopic (exact) mass is 465 g/mol. The van der Waals surface area contributed by atoms with Crippen LogP contribution in [0.1, 0.15) is 42.4 Å². The van der Waals surface area contributed by atoms with Gasteiger partial charge in [0.15, 0.2) is 0 Å².